The van der Waals surface area contributed by atoms with E-state index in [1.165, 1.54) is 52.8 Å². The number of sulfonamides is 1. The minimum Gasteiger partial charge on any atom is -0.322 e. The Morgan fingerprint density at radius 2 is 1.63 bits per heavy atom. The number of halogens is 2. The van der Waals surface area contributed by atoms with Crippen molar-refractivity contribution in [1.82, 2.24) is 0 Å². The number of hydrogen-bond acceptors (Lipinski definition) is 3. The molecular weight excluding hydrogens is 410 g/mol. The van der Waals surface area contributed by atoms with E-state index in [1.54, 1.807) is 18.2 Å². The molecular formula is C22H18F2N2O3S. The summed E-state index contributed by atoms with van der Waals surface area (Å²) in [6.45, 7) is 3.65. The quantitative estimate of drug-likeness (QED) is 0.560. The number of nitrogens with zero attached hydrogens (tertiary/aromatic N) is 1. The molecule has 0 radical (unpaired) electrons. The summed E-state index contributed by atoms with van der Waals surface area (Å²) in [6, 6.07) is 16.9. The molecule has 0 aliphatic rings. The fraction of sp³-hybridized carbons (Fsp3) is 0.0455. The molecule has 5 nitrogen and oxygen atoms in total. The van der Waals surface area contributed by atoms with Crippen molar-refractivity contribution in [2.75, 3.05) is 16.2 Å². The van der Waals surface area contributed by atoms with E-state index >= 15 is 0 Å². The topological polar surface area (TPSA) is 66.5 Å². The second-order valence-electron chi connectivity index (χ2n) is 6.27. The third-order valence-corrected chi connectivity index (χ3v) is 6.03. The Hall–Kier alpha value is -3.52. The largest absolute Gasteiger partial charge is 0.322 e. The first kappa shape index (κ1) is 21.2. The Balaban J connectivity index is 1.84. The zero-order valence-corrected chi connectivity index (χ0v) is 16.6. The van der Waals surface area contributed by atoms with Gasteiger partial charge < -0.3 is 5.32 Å². The summed E-state index contributed by atoms with van der Waals surface area (Å²) in [5, 5.41) is 2.46. The molecule has 0 aliphatic heterocycles. The fourth-order valence-corrected chi connectivity index (χ4v) is 4.19. The van der Waals surface area contributed by atoms with E-state index in [-0.39, 0.29) is 22.7 Å². The predicted octanol–water partition coefficient (Wildman–Crippen LogP) is 4.60. The van der Waals surface area contributed by atoms with Crippen molar-refractivity contribution in [2.24, 2.45) is 0 Å². The van der Waals surface area contributed by atoms with E-state index < -0.39 is 27.6 Å². The maximum Gasteiger partial charge on any atom is 0.264 e. The second-order valence-corrected chi connectivity index (χ2v) is 8.13. The van der Waals surface area contributed by atoms with Crippen LogP contribution in [-0.2, 0) is 10.0 Å². The molecule has 0 spiro atoms. The van der Waals surface area contributed by atoms with Gasteiger partial charge in [0, 0.05) is 17.3 Å². The first-order chi connectivity index (χ1) is 14.3. The molecule has 154 valence electrons. The number of carbonyl (C=O) groups is 1. The van der Waals surface area contributed by atoms with Gasteiger partial charge in [-0.15, -0.1) is 6.58 Å². The lowest BCUT2D eigenvalue weighted by atomic mass is 10.2. The molecule has 0 aliphatic carbocycles. The van der Waals surface area contributed by atoms with Gasteiger partial charge in [-0.05, 0) is 48.5 Å². The monoisotopic (exact) mass is 428 g/mol. The Bertz CT molecular complexity index is 1160. The summed E-state index contributed by atoms with van der Waals surface area (Å²) >= 11 is 0. The molecule has 3 aromatic rings. The number of hydrogen-bond donors (Lipinski definition) is 1. The molecule has 30 heavy (non-hydrogen) atoms. The molecule has 0 saturated carbocycles. The van der Waals surface area contributed by atoms with Gasteiger partial charge in [-0.1, -0.05) is 24.3 Å². The third kappa shape index (κ3) is 4.55. The predicted molar refractivity (Wildman–Crippen MR) is 112 cm³/mol. The maximum atomic E-state index is 13.3. The van der Waals surface area contributed by atoms with Crippen LogP contribution in [0.1, 0.15) is 10.4 Å². The van der Waals surface area contributed by atoms with Crippen LogP contribution in [0.15, 0.2) is 90.3 Å². The van der Waals surface area contributed by atoms with E-state index in [1.807, 2.05) is 0 Å². The molecule has 0 saturated heterocycles. The lowest BCUT2D eigenvalue weighted by molar-refractivity contribution is 0.102. The van der Waals surface area contributed by atoms with Gasteiger partial charge in [0.05, 0.1) is 17.1 Å². The van der Waals surface area contributed by atoms with Crippen molar-refractivity contribution in [2.45, 2.75) is 4.90 Å². The Morgan fingerprint density at radius 3 is 2.23 bits per heavy atom. The van der Waals surface area contributed by atoms with E-state index in [9.17, 15) is 22.0 Å². The van der Waals surface area contributed by atoms with Gasteiger partial charge >= 0.3 is 0 Å². The average molecular weight is 428 g/mol. The van der Waals surface area contributed by atoms with Gasteiger partial charge in [0.1, 0.15) is 0 Å². The van der Waals surface area contributed by atoms with Crippen LogP contribution in [0, 0.1) is 11.6 Å². The molecule has 1 amide bonds. The van der Waals surface area contributed by atoms with Gasteiger partial charge in [-0.25, -0.2) is 17.2 Å². The fourth-order valence-electron chi connectivity index (χ4n) is 2.74. The number of anilines is 2. The maximum absolute atomic E-state index is 13.3. The summed E-state index contributed by atoms with van der Waals surface area (Å²) in [7, 11) is -3.82. The number of amides is 1. The number of rotatable bonds is 7. The lowest BCUT2D eigenvalue weighted by Gasteiger charge is -2.23. The van der Waals surface area contributed by atoms with Crippen molar-refractivity contribution >= 4 is 27.3 Å². The highest BCUT2D eigenvalue weighted by molar-refractivity contribution is 7.92. The average Bonchev–Trinajstić information content (AvgIpc) is 2.75. The molecule has 3 aromatic carbocycles. The molecule has 0 atom stereocenters. The van der Waals surface area contributed by atoms with Crippen LogP contribution in [0.5, 0.6) is 0 Å². The summed E-state index contributed by atoms with van der Waals surface area (Å²) < 4.78 is 53.4. The van der Waals surface area contributed by atoms with Crippen LogP contribution < -0.4 is 9.62 Å². The van der Waals surface area contributed by atoms with Crippen LogP contribution >= 0.6 is 0 Å². The van der Waals surface area contributed by atoms with Gasteiger partial charge in [-0.2, -0.15) is 0 Å². The van der Waals surface area contributed by atoms with Crippen LogP contribution in [0.25, 0.3) is 0 Å². The summed E-state index contributed by atoms with van der Waals surface area (Å²) in [6.07, 6.45) is 1.46. The normalized spacial score (nSPS) is 11.0. The van der Waals surface area contributed by atoms with E-state index in [2.05, 4.69) is 11.9 Å². The molecule has 0 aromatic heterocycles. The molecule has 0 bridgehead atoms. The number of benzene rings is 3. The molecule has 1 N–H and O–H groups in total. The van der Waals surface area contributed by atoms with Crippen molar-refractivity contribution in [3.8, 4) is 0 Å². The van der Waals surface area contributed by atoms with E-state index in [4.69, 9.17) is 0 Å². The van der Waals surface area contributed by atoms with Gasteiger partial charge in [0.2, 0.25) is 0 Å². The van der Waals surface area contributed by atoms with Crippen LogP contribution in [0.4, 0.5) is 20.2 Å². The van der Waals surface area contributed by atoms with Crippen LogP contribution in [-0.4, -0.2) is 20.9 Å². The molecule has 0 heterocycles. The minimum absolute atomic E-state index is 0.0393. The first-order valence-corrected chi connectivity index (χ1v) is 10.3. The highest BCUT2D eigenvalue weighted by Crippen LogP contribution is 2.24. The summed E-state index contributed by atoms with van der Waals surface area (Å²) in [4.78, 5) is 12.5. The minimum atomic E-state index is -3.82. The second kappa shape index (κ2) is 8.87. The Kier molecular flexibility index (Phi) is 6.27. The van der Waals surface area contributed by atoms with Crippen LogP contribution in [0.2, 0.25) is 0 Å². The van der Waals surface area contributed by atoms with E-state index in [0.29, 0.717) is 5.69 Å². The summed E-state index contributed by atoms with van der Waals surface area (Å²) in [5.41, 5.74) is 0.671. The third-order valence-electron chi connectivity index (χ3n) is 4.22. The molecule has 3 rings (SSSR count). The van der Waals surface area contributed by atoms with Crippen LogP contribution in [0.3, 0.4) is 0 Å². The SMILES string of the molecule is C=CCN(c1ccc(C(=O)Nc2ccc(F)c(F)c2)cc1)S(=O)(=O)c1ccccc1. The summed E-state index contributed by atoms with van der Waals surface area (Å²) in [5.74, 6) is -2.64. The van der Waals surface area contributed by atoms with Crippen molar-refractivity contribution in [3.63, 3.8) is 0 Å². The van der Waals surface area contributed by atoms with Crippen molar-refractivity contribution in [3.05, 3.63) is 103 Å². The lowest BCUT2D eigenvalue weighted by Crippen LogP contribution is -2.31. The molecule has 8 heteroatoms. The standard InChI is InChI=1S/C22H18F2N2O3S/c1-2-14-26(30(28,29)19-6-4-3-5-7-19)18-11-8-16(9-12-18)22(27)25-17-10-13-20(23)21(24)15-17/h2-13,15H,1,14H2,(H,25,27). The van der Waals surface area contributed by atoms with Gasteiger partial charge in [0.15, 0.2) is 11.6 Å². The molecule has 0 unspecified atom stereocenters. The molecule has 0 fully saturated rings. The van der Waals surface area contributed by atoms with E-state index in [0.717, 1.165) is 12.1 Å². The number of carbonyl (C=O) groups excluding carboxylic acids is 1. The number of nitrogens with one attached hydrogen (secondary N) is 1. The van der Waals surface area contributed by atoms with Gasteiger partial charge in [-0.3, -0.25) is 9.10 Å². The zero-order chi connectivity index (χ0) is 21.7. The van der Waals surface area contributed by atoms with Crippen molar-refractivity contribution in [1.29, 1.82) is 0 Å². The Labute approximate surface area is 173 Å². The highest BCUT2D eigenvalue weighted by atomic mass is 32.2. The first-order valence-electron chi connectivity index (χ1n) is 8.88. The Morgan fingerprint density at radius 1 is 0.967 bits per heavy atom. The van der Waals surface area contributed by atoms with Gasteiger partial charge in [0.25, 0.3) is 15.9 Å². The zero-order valence-electron chi connectivity index (χ0n) is 15.8. The highest BCUT2D eigenvalue weighted by Gasteiger charge is 2.24. The smallest absolute Gasteiger partial charge is 0.264 e. The van der Waals surface area contributed by atoms with Crippen molar-refractivity contribution < 1.29 is 22.0 Å².